The Morgan fingerprint density at radius 3 is 2.78 bits per heavy atom. The molecule has 0 aromatic carbocycles. The van der Waals surface area contributed by atoms with Crippen molar-refractivity contribution in [2.75, 3.05) is 24.2 Å². The number of carbonyl (C=O) groups is 1. The maximum atomic E-state index is 11.7. The Labute approximate surface area is 116 Å². The molecule has 100 valence electrons. The van der Waals surface area contributed by atoms with E-state index in [1.165, 1.54) is 0 Å². The molecule has 0 spiro atoms. The highest BCUT2D eigenvalue weighted by Gasteiger charge is 2.14. The molecule has 1 aromatic heterocycles. The molecule has 0 unspecified atom stereocenters. The SMILES string of the molecule is Cc1c(N)cnc(N(C)CC(=O)NC(C)C)c1Br. The van der Waals surface area contributed by atoms with Crippen LogP contribution in [-0.4, -0.2) is 30.5 Å². The van der Waals surface area contributed by atoms with Crippen molar-refractivity contribution in [2.24, 2.45) is 0 Å². The lowest BCUT2D eigenvalue weighted by atomic mass is 10.2. The standard InChI is InChI=1S/C12H19BrN4O/c1-7(2)16-10(18)6-17(4)12-11(13)8(3)9(14)5-15-12/h5,7H,6,14H2,1-4H3,(H,16,18). The van der Waals surface area contributed by atoms with Gasteiger partial charge in [0.25, 0.3) is 0 Å². The number of pyridine rings is 1. The lowest BCUT2D eigenvalue weighted by molar-refractivity contribution is -0.120. The first-order valence-electron chi connectivity index (χ1n) is 5.74. The Kier molecular flexibility index (Phi) is 4.95. The molecule has 0 saturated heterocycles. The van der Waals surface area contributed by atoms with Gasteiger partial charge in [0.05, 0.1) is 22.9 Å². The normalized spacial score (nSPS) is 10.6. The van der Waals surface area contributed by atoms with Crippen LogP contribution in [0.3, 0.4) is 0 Å². The van der Waals surface area contributed by atoms with Crippen molar-refractivity contribution in [3.05, 3.63) is 16.2 Å². The van der Waals surface area contributed by atoms with E-state index >= 15 is 0 Å². The van der Waals surface area contributed by atoms with Crippen LogP contribution in [0.1, 0.15) is 19.4 Å². The van der Waals surface area contributed by atoms with Crippen LogP contribution >= 0.6 is 15.9 Å². The average molecular weight is 315 g/mol. The van der Waals surface area contributed by atoms with E-state index < -0.39 is 0 Å². The number of hydrogen-bond acceptors (Lipinski definition) is 4. The van der Waals surface area contributed by atoms with Crippen LogP contribution < -0.4 is 16.0 Å². The fourth-order valence-corrected chi connectivity index (χ4v) is 2.14. The van der Waals surface area contributed by atoms with Crippen LogP contribution in [0.15, 0.2) is 10.7 Å². The number of rotatable bonds is 4. The number of anilines is 2. The molecule has 5 nitrogen and oxygen atoms in total. The second kappa shape index (κ2) is 6.04. The van der Waals surface area contributed by atoms with Gasteiger partial charge >= 0.3 is 0 Å². The molecular weight excluding hydrogens is 296 g/mol. The third-order valence-electron chi connectivity index (χ3n) is 2.48. The van der Waals surface area contributed by atoms with Crippen molar-refractivity contribution in [2.45, 2.75) is 26.8 Å². The molecule has 1 heterocycles. The minimum atomic E-state index is -0.0318. The maximum absolute atomic E-state index is 11.7. The second-order valence-corrected chi connectivity index (χ2v) is 5.35. The molecule has 0 aliphatic heterocycles. The van der Waals surface area contributed by atoms with Crippen LogP contribution in [0.2, 0.25) is 0 Å². The number of nitrogens with one attached hydrogen (secondary N) is 1. The number of aromatic nitrogens is 1. The largest absolute Gasteiger partial charge is 0.397 e. The number of amides is 1. The van der Waals surface area contributed by atoms with Crippen LogP contribution in [0, 0.1) is 6.92 Å². The van der Waals surface area contributed by atoms with Crippen molar-refractivity contribution in [3.8, 4) is 0 Å². The van der Waals surface area contributed by atoms with Crippen molar-refractivity contribution in [1.82, 2.24) is 10.3 Å². The lowest BCUT2D eigenvalue weighted by Gasteiger charge is -2.21. The number of likely N-dealkylation sites (N-methyl/N-ethyl adjacent to an activating group) is 1. The van der Waals surface area contributed by atoms with Crippen molar-refractivity contribution in [1.29, 1.82) is 0 Å². The van der Waals surface area contributed by atoms with E-state index in [9.17, 15) is 4.79 Å². The Hall–Kier alpha value is -1.30. The molecule has 0 bridgehead atoms. The monoisotopic (exact) mass is 314 g/mol. The first-order chi connectivity index (χ1) is 8.32. The van der Waals surface area contributed by atoms with Gasteiger partial charge in [0, 0.05) is 13.1 Å². The Morgan fingerprint density at radius 1 is 1.61 bits per heavy atom. The van der Waals surface area contributed by atoms with Gasteiger partial charge in [0.1, 0.15) is 5.82 Å². The molecule has 3 N–H and O–H groups in total. The zero-order chi connectivity index (χ0) is 13.9. The van der Waals surface area contributed by atoms with Gasteiger partial charge in [-0.25, -0.2) is 4.98 Å². The first-order valence-corrected chi connectivity index (χ1v) is 6.53. The molecule has 0 fully saturated rings. The van der Waals surface area contributed by atoms with Crippen LogP contribution in [0.25, 0.3) is 0 Å². The highest BCUT2D eigenvalue weighted by molar-refractivity contribution is 9.10. The van der Waals surface area contributed by atoms with Crippen LogP contribution in [0.5, 0.6) is 0 Å². The van der Waals surface area contributed by atoms with Crippen molar-refractivity contribution < 1.29 is 4.79 Å². The molecule has 0 saturated carbocycles. The molecule has 18 heavy (non-hydrogen) atoms. The van der Waals surface area contributed by atoms with Gasteiger partial charge in [-0.05, 0) is 42.3 Å². The average Bonchev–Trinajstić information content (AvgIpc) is 2.24. The summed E-state index contributed by atoms with van der Waals surface area (Å²) in [5.41, 5.74) is 7.32. The number of nitrogen functional groups attached to an aromatic ring is 1. The van der Waals surface area contributed by atoms with Crippen molar-refractivity contribution in [3.63, 3.8) is 0 Å². The summed E-state index contributed by atoms with van der Waals surface area (Å²) in [7, 11) is 1.82. The number of hydrogen-bond donors (Lipinski definition) is 2. The summed E-state index contributed by atoms with van der Waals surface area (Å²) in [6.45, 7) is 6.03. The summed E-state index contributed by atoms with van der Waals surface area (Å²) in [6.07, 6.45) is 1.60. The van der Waals surface area contributed by atoms with E-state index in [0.717, 1.165) is 10.0 Å². The minimum Gasteiger partial charge on any atom is -0.397 e. The van der Waals surface area contributed by atoms with E-state index in [1.54, 1.807) is 11.1 Å². The van der Waals surface area contributed by atoms with Gasteiger partial charge in [-0.1, -0.05) is 0 Å². The molecule has 0 aliphatic rings. The predicted octanol–water partition coefficient (Wildman–Crippen LogP) is 1.70. The topological polar surface area (TPSA) is 71.2 Å². The highest BCUT2D eigenvalue weighted by atomic mass is 79.9. The summed E-state index contributed by atoms with van der Waals surface area (Å²) < 4.78 is 0.822. The molecular formula is C12H19BrN4O. The van der Waals surface area contributed by atoms with Gasteiger partial charge in [-0.2, -0.15) is 0 Å². The van der Waals surface area contributed by atoms with Gasteiger partial charge in [0.15, 0.2) is 0 Å². The van der Waals surface area contributed by atoms with E-state index in [2.05, 4.69) is 26.2 Å². The summed E-state index contributed by atoms with van der Waals surface area (Å²) in [4.78, 5) is 17.7. The number of carbonyl (C=O) groups excluding carboxylic acids is 1. The molecule has 1 aromatic rings. The molecule has 1 rings (SSSR count). The molecule has 1 amide bonds. The van der Waals surface area contributed by atoms with E-state index in [-0.39, 0.29) is 18.5 Å². The predicted molar refractivity (Wildman–Crippen MR) is 77.6 cm³/mol. The molecule has 0 aliphatic carbocycles. The first kappa shape index (κ1) is 14.8. The van der Waals surface area contributed by atoms with E-state index in [0.29, 0.717) is 11.5 Å². The Balaban J connectivity index is 2.82. The summed E-state index contributed by atoms with van der Waals surface area (Å²) in [5, 5.41) is 2.84. The van der Waals surface area contributed by atoms with Crippen LogP contribution in [0.4, 0.5) is 11.5 Å². The summed E-state index contributed by atoms with van der Waals surface area (Å²) >= 11 is 3.46. The van der Waals surface area contributed by atoms with Gasteiger partial charge < -0.3 is 16.0 Å². The van der Waals surface area contributed by atoms with Gasteiger partial charge in [-0.3, -0.25) is 4.79 Å². The van der Waals surface area contributed by atoms with Gasteiger partial charge in [0.2, 0.25) is 5.91 Å². The summed E-state index contributed by atoms with van der Waals surface area (Å²) in [5.74, 6) is 0.677. The molecule has 0 atom stereocenters. The number of halogens is 1. The summed E-state index contributed by atoms with van der Waals surface area (Å²) in [6, 6.07) is 0.135. The highest BCUT2D eigenvalue weighted by Crippen LogP contribution is 2.29. The fourth-order valence-electron chi connectivity index (χ4n) is 1.50. The zero-order valence-electron chi connectivity index (χ0n) is 11.1. The molecule has 6 heteroatoms. The number of nitrogens with zero attached hydrogens (tertiary/aromatic N) is 2. The van der Waals surface area contributed by atoms with Crippen LogP contribution in [-0.2, 0) is 4.79 Å². The number of nitrogens with two attached hydrogens (primary N) is 1. The minimum absolute atomic E-state index is 0.0318. The van der Waals surface area contributed by atoms with E-state index in [1.807, 2.05) is 27.8 Å². The van der Waals surface area contributed by atoms with E-state index in [4.69, 9.17) is 5.73 Å². The third-order valence-corrected chi connectivity index (χ3v) is 3.43. The maximum Gasteiger partial charge on any atom is 0.239 e. The van der Waals surface area contributed by atoms with Crippen molar-refractivity contribution >= 4 is 33.3 Å². The Bertz CT molecular complexity index is 448. The lowest BCUT2D eigenvalue weighted by Crippen LogP contribution is -2.39. The Morgan fingerprint density at radius 2 is 2.22 bits per heavy atom. The fraction of sp³-hybridized carbons (Fsp3) is 0.500. The third kappa shape index (κ3) is 3.60. The molecule has 0 radical (unpaired) electrons. The zero-order valence-corrected chi connectivity index (χ0v) is 12.7. The quantitative estimate of drug-likeness (QED) is 0.887. The van der Waals surface area contributed by atoms with Gasteiger partial charge in [-0.15, -0.1) is 0 Å². The second-order valence-electron chi connectivity index (χ2n) is 4.55. The smallest absolute Gasteiger partial charge is 0.239 e.